The molecule has 0 radical (unpaired) electrons. The average Bonchev–Trinajstić information content (AvgIpc) is 3.34. The fraction of sp³-hybridized carbons (Fsp3) is 0.350. The molecule has 1 fully saturated rings. The van der Waals surface area contributed by atoms with Crippen LogP contribution in [0.4, 0.5) is 0 Å². The van der Waals surface area contributed by atoms with E-state index in [9.17, 15) is 4.79 Å². The first-order chi connectivity index (χ1) is 13.2. The van der Waals surface area contributed by atoms with Gasteiger partial charge in [-0.3, -0.25) is 14.5 Å². The van der Waals surface area contributed by atoms with Crippen LogP contribution < -0.4 is 5.32 Å². The van der Waals surface area contributed by atoms with E-state index in [1.807, 2.05) is 17.5 Å². The molecule has 1 saturated carbocycles. The number of nitrogens with one attached hydrogen (secondary N) is 2. The summed E-state index contributed by atoms with van der Waals surface area (Å²) in [5, 5.41) is 12.3. The van der Waals surface area contributed by atoms with Crippen LogP contribution in [0.2, 0.25) is 0 Å². The highest BCUT2D eigenvalue weighted by Crippen LogP contribution is 2.32. The highest BCUT2D eigenvalue weighted by atomic mass is 32.1. The van der Waals surface area contributed by atoms with Crippen molar-refractivity contribution in [2.24, 2.45) is 0 Å². The van der Waals surface area contributed by atoms with Gasteiger partial charge in [-0.2, -0.15) is 5.10 Å². The van der Waals surface area contributed by atoms with Crippen LogP contribution in [0.25, 0.3) is 10.7 Å². The van der Waals surface area contributed by atoms with E-state index >= 15 is 0 Å². The minimum Gasteiger partial charge on any atom is -0.352 e. The molecular weight excluding hydrogens is 376 g/mol. The highest BCUT2D eigenvalue weighted by Gasteiger charge is 2.24. The Hall–Kier alpha value is -2.25. The van der Waals surface area contributed by atoms with Gasteiger partial charge in [0.2, 0.25) is 5.91 Å². The van der Waals surface area contributed by atoms with E-state index in [0.717, 1.165) is 36.4 Å². The van der Waals surface area contributed by atoms with Crippen LogP contribution in [0.15, 0.2) is 47.8 Å². The standard InChI is InChI=1S/C20H22N4OS2/c25-18(13-24-19(22-23-20(24)26)17-7-4-12-27-17)21-16-10-8-15(9-11-16)14-5-2-1-3-6-14/h1-7,12,15-16H,8-11,13H2,(H,21,25)(H,23,26). The van der Waals surface area contributed by atoms with Gasteiger partial charge in [-0.15, -0.1) is 11.3 Å². The lowest BCUT2D eigenvalue weighted by Gasteiger charge is -2.29. The number of hydrogen-bond acceptors (Lipinski definition) is 4. The van der Waals surface area contributed by atoms with E-state index in [1.54, 1.807) is 15.9 Å². The summed E-state index contributed by atoms with van der Waals surface area (Å²) < 4.78 is 2.24. The summed E-state index contributed by atoms with van der Waals surface area (Å²) in [6.45, 7) is 0.196. The van der Waals surface area contributed by atoms with Gasteiger partial charge in [0, 0.05) is 6.04 Å². The molecule has 0 spiro atoms. The molecule has 5 nitrogen and oxygen atoms in total. The Kier molecular flexibility index (Phi) is 5.50. The number of rotatable bonds is 5. The number of H-pyrrole nitrogens is 1. The van der Waals surface area contributed by atoms with Crippen LogP contribution in [0.1, 0.15) is 37.2 Å². The van der Waals surface area contributed by atoms with Gasteiger partial charge in [0.25, 0.3) is 0 Å². The van der Waals surface area contributed by atoms with Crippen LogP contribution in [-0.2, 0) is 11.3 Å². The van der Waals surface area contributed by atoms with E-state index in [-0.39, 0.29) is 18.5 Å². The number of thiophene rings is 1. The molecule has 0 aliphatic heterocycles. The molecule has 27 heavy (non-hydrogen) atoms. The van der Waals surface area contributed by atoms with Crippen LogP contribution >= 0.6 is 23.6 Å². The molecule has 1 aliphatic carbocycles. The lowest BCUT2D eigenvalue weighted by molar-refractivity contribution is -0.122. The minimum absolute atomic E-state index is 0.00605. The van der Waals surface area contributed by atoms with Crippen molar-refractivity contribution >= 4 is 29.5 Å². The number of aromatic nitrogens is 3. The second-order valence-electron chi connectivity index (χ2n) is 6.94. The predicted octanol–water partition coefficient (Wildman–Crippen LogP) is 4.51. The zero-order chi connectivity index (χ0) is 18.6. The van der Waals surface area contributed by atoms with Crippen molar-refractivity contribution in [3.63, 3.8) is 0 Å². The van der Waals surface area contributed by atoms with Gasteiger partial charge in [0.1, 0.15) is 6.54 Å². The second-order valence-corrected chi connectivity index (χ2v) is 8.28. The first kappa shape index (κ1) is 18.1. The van der Waals surface area contributed by atoms with Gasteiger partial charge in [0.05, 0.1) is 4.88 Å². The zero-order valence-electron chi connectivity index (χ0n) is 14.9. The van der Waals surface area contributed by atoms with Crippen LogP contribution in [0.5, 0.6) is 0 Å². The van der Waals surface area contributed by atoms with Gasteiger partial charge >= 0.3 is 0 Å². The molecule has 4 rings (SSSR count). The summed E-state index contributed by atoms with van der Waals surface area (Å²) in [7, 11) is 0. The summed E-state index contributed by atoms with van der Waals surface area (Å²) in [4.78, 5) is 13.6. The molecule has 1 aromatic carbocycles. The number of aromatic amines is 1. The predicted molar refractivity (Wildman–Crippen MR) is 110 cm³/mol. The molecule has 2 heterocycles. The van der Waals surface area contributed by atoms with Crippen molar-refractivity contribution in [3.05, 3.63) is 58.2 Å². The maximum Gasteiger partial charge on any atom is 0.240 e. The molecule has 3 aromatic rings. The fourth-order valence-corrected chi connectivity index (χ4v) is 4.69. The summed E-state index contributed by atoms with van der Waals surface area (Å²) in [5.74, 6) is 1.32. The van der Waals surface area contributed by atoms with E-state index in [0.29, 0.717) is 10.7 Å². The number of carbonyl (C=O) groups excluding carboxylic acids is 1. The molecule has 140 valence electrons. The maximum absolute atomic E-state index is 12.6. The molecule has 1 aliphatic rings. The van der Waals surface area contributed by atoms with Crippen molar-refractivity contribution < 1.29 is 4.79 Å². The van der Waals surface area contributed by atoms with Gasteiger partial charge in [0.15, 0.2) is 10.6 Å². The van der Waals surface area contributed by atoms with E-state index in [4.69, 9.17) is 12.2 Å². The largest absolute Gasteiger partial charge is 0.352 e. The second kappa shape index (κ2) is 8.19. The van der Waals surface area contributed by atoms with Crippen LogP contribution in [0.3, 0.4) is 0 Å². The molecule has 0 bridgehead atoms. The van der Waals surface area contributed by atoms with Gasteiger partial charge in [-0.05, 0) is 60.8 Å². The summed E-state index contributed by atoms with van der Waals surface area (Å²) >= 11 is 6.89. The Morgan fingerprint density at radius 2 is 1.96 bits per heavy atom. The normalized spacial score (nSPS) is 19.7. The molecule has 2 N–H and O–H groups in total. The number of amides is 1. The summed E-state index contributed by atoms with van der Waals surface area (Å²) in [5.41, 5.74) is 1.41. The molecule has 2 aromatic heterocycles. The van der Waals surface area contributed by atoms with Crippen LogP contribution in [-0.4, -0.2) is 26.7 Å². The third-order valence-corrected chi connectivity index (χ3v) is 6.34. The quantitative estimate of drug-likeness (QED) is 0.622. The van der Waals surface area contributed by atoms with Crippen molar-refractivity contribution in [1.82, 2.24) is 20.1 Å². The minimum atomic E-state index is -0.00605. The van der Waals surface area contributed by atoms with E-state index in [1.165, 1.54) is 5.56 Å². The lowest BCUT2D eigenvalue weighted by Crippen LogP contribution is -2.39. The lowest BCUT2D eigenvalue weighted by atomic mass is 9.82. The third-order valence-electron chi connectivity index (χ3n) is 5.16. The summed E-state index contributed by atoms with van der Waals surface area (Å²) in [6.07, 6.45) is 4.25. The molecule has 0 atom stereocenters. The topological polar surface area (TPSA) is 62.7 Å². The fourth-order valence-electron chi connectivity index (χ4n) is 3.77. The van der Waals surface area contributed by atoms with Crippen molar-refractivity contribution in [2.75, 3.05) is 0 Å². The maximum atomic E-state index is 12.6. The Bertz CT molecular complexity index is 938. The van der Waals surface area contributed by atoms with Crippen molar-refractivity contribution in [3.8, 4) is 10.7 Å². The molecule has 0 unspecified atom stereocenters. The smallest absolute Gasteiger partial charge is 0.240 e. The number of hydrogen-bond donors (Lipinski definition) is 2. The van der Waals surface area contributed by atoms with Gasteiger partial charge in [-0.1, -0.05) is 36.4 Å². The van der Waals surface area contributed by atoms with Gasteiger partial charge in [-0.25, -0.2) is 0 Å². The van der Waals surface area contributed by atoms with Crippen molar-refractivity contribution in [1.29, 1.82) is 0 Å². The average molecular weight is 399 g/mol. The Balaban J connectivity index is 1.35. The number of carbonyl (C=O) groups is 1. The Morgan fingerprint density at radius 3 is 2.67 bits per heavy atom. The zero-order valence-corrected chi connectivity index (χ0v) is 16.6. The molecule has 7 heteroatoms. The van der Waals surface area contributed by atoms with E-state index in [2.05, 4.69) is 45.8 Å². The van der Waals surface area contributed by atoms with Gasteiger partial charge < -0.3 is 5.32 Å². The Morgan fingerprint density at radius 1 is 1.19 bits per heavy atom. The first-order valence-electron chi connectivity index (χ1n) is 9.24. The first-order valence-corrected chi connectivity index (χ1v) is 10.5. The Labute approximate surface area is 167 Å². The van der Waals surface area contributed by atoms with Crippen molar-refractivity contribution in [2.45, 2.75) is 44.2 Å². The molecule has 1 amide bonds. The van der Waals surface area contributed by atoms with Crippen LogP contribution in [0, 0.1) is 4.77 Å². The molecular formula is C20H22N4OS2. The SMILES string of the molecule is O=C(Cn1c(-c2cccs2)n[nH]c1=S)NC1CCC(c2ccccc2)CC1. The number of benzene rings is 1. The molecule has 0 saturated heterocycles. The highest BCUT2D eigenvalue weighted by molar-refractivity contribution is 7.71. The summed E-state index contributed by atoms with van der Waals surface area (Å²) in [6, 6.07) is 14.9. The number of nitrogens with zero attached hydrogens (tertiary/aromatic N) is 2. The monoisotopic (exact) mass is 398 g/mol. The third kappa shape index (κ3) is 4.20. The van der Waals surface area contributed by atoms with E-state index < -0.39 is 0 Å².